The number of hydrogen-bond donors (Lipinski definition) is 0. The van der Waals surface area contributed by atoms with Crippen LogP contribution < -0.4 is 0 Å². The second-order valence-electron chi connectivity index (χ2n) is 4.70. The third-order valence-electron chi connectivity index (χ3n) is 2.18. The van der Waals surface area contributed by atoms with Crippen LogP contribution >= 0.6 is 0 Å². The third kappa shape index (κ3) is 2.61. The van der Waals surface area contributed by atoms with Crippen molar-refractivity contribution in [3.8, 4) is 0 Å². The molecule has 1 saturated heterocycles. The van der Waals surface area contributed by atoms with Crippen molar-refractivity contribution in [3.63, 3.8) is 0 Å². The summed E-state index contributed by atoms with van der Waals surface area (Å²) in [7, 11) is 1.81. The second-order valence-corrected chi connectivity index (χ2v) is 4.70. The molecule has 1 aliphatic heterocycles. The lowest BCUT2D eigenvalue weighted by atomic mass is 9.92. The molecule has 0 bridgehead atoms. The van der Waals surface area contributed by atoms with Crippen molar-refractivity contribution in [1.29, 1.82) is 0 Å². The van der Waals surface area contributed by atoms with Crippen LogP contribution in [0.4, 0.5) is 8.78 Å². The maximum absolute atomic E-state index is 12.9. The first kappa shape index (κ1) is 10.9. The third-order valence-corrected chi connectivity index (χ3v) is 2.18. The summed E-state index contributed by atoms with van der Waals surface area (Å²) in [6.45, 7) is 6.08. The van der Waals surface area contributed by atoms with E-state index in [1.165, 1.54) is 0 Å². The van der Waals surface area contributed by atoms with E-state index in [0.717, 1.165) is 0 Å². The monoisotopic (exact) mass is 193 g/mol. The number of nitrogens with zero attached hydrogens (tertiary/aromatic N) is 1. The fourth-order valence-corrected chi connectivity index (χ4v) is 1.57. The van der Waals surface area contributed by atoms with Gasteiger partial charge in [0.1, 0.15) is 6.23 Å². The molecule has 0 N–H and O–H groups in total. The standard InChI is InChI=1S/C9H17F2NO/c1-8(2,3)7-12(4)6-5-9(10,11)13-7/h7H,5-6H2,1-4H3. The van der Waals surface area contributed by atoms with Crippen molar-refractivity contribution < 1.29 is 13.5 Å². The van der Waals surface area contributed by atoms with Gasteiger partial charge in [-0.2, -0.15) is 8.78 Å². The first-order chi connectivity index (χ1) is 5.72. The highest BCUT2D eigenvalue weighted by molar-refractivity contribution is 4.79. The Bertz CT molecular complexity index is 189. The summed E-state index contributed by atoms with van der Waals surface area (Å²) in [6, 6.07) is 0. The molecule has 2 nitrogen and oxygen atoms in total. The van der Waals surface area contributed by atoms with E-state index in [1.807, 2.05) is 32.7 Å². The minimum atomic E-state index is -2.95. The van der Waals surface area contributed by atoms with Crippen molar-refractivity contribution in [2.45, 2.75) is 39.5 Å². The normalized spacial score (nSPS) is 30.5. The van der Waals surface area contributed by atoms with E-state index >= 15 is 0 Å². The van der Waals surface area contributed by atoms with E-state index in [9.17, 15) is 8.78 Å². The Kier molecular flexibility index (Phi) is 2.65. The maximum atomic E-state index is 12.9. The fraction of sp³-hybridized carbons (Fsp3) is 1.00. The van der Waals surface area contributed by atoms with Crippen molar-refractivity contribution in [3.05, 3.63) is 0 Å². The Morgan fingerprint density at radius 1 is 1.38 bits per heavy atom. The van der Waals surface area contributed by atoms with Gasteiger partial charge in [-0.05, 0) is 7.05 Å². The van der Waals surface area contributed by atoms with Gasteiger partial charge in [-0.3, -0.25) is 4.90 Å². The van der Waals surface area contributed by atoms with Gasteiger partial charge in [-0.15, -0.1) is 0 Å². The van der Waals surface area contributed by atoms with Crippen LogP contribution in [0.15, 0.2) is 0 Å². The lowest BCUT2D eigenvalue weighted by Crippen LogP contribution is -2.53. The maximum Gasteiger partial charge on any atom is 0.358 e. The van der Waals surface area contributed by atoms with Crippen molar-refractivity contribution >= 4 is 0 Å². The number of ether oxygens (including phenoxy) is 1. The van der Waals surface area contributed by atoms with Crippen LogP contribution in [0.25, 0.3) is 0 Å². The molecule has 1 heterocycles. The molecule has 78 valence electrons. The molecule has 0 radical (unpaired) electrons. The lowest BCUT2D eigenvalue weighted by Gasteiger charge is -2.43. The molecule has 13 heavy (non-hydrogen) atoms. The summed E-state index contributed by atoms with van der Waals surface area (Å²) in [6.07, 6.45) is -3.67. The van der Waals surface area contributed by atoms with Gasteiger partial charge >= 0.3 is 6.11 Å². The van der Waals surface area contributed by atoms with Gasteiger partial charge in [0.2, 0.25) is 0 Å². The topological polar surface area (TPSA) is 12.5 Å². The van der Waals surface area contributed by atoms with E-state index in [0.29, 0.717) is 6.54 Å². The second kappa shape index (κ2) is 3.17. The number of hydrogen-bond acceptors (Lipinski definition) is 2. The zero-order valence-corrected chi connectivity index (χ0v) is 8.60. The van der Waals surface area contributed by atoms with Gasteiger partial charge in [0, 0.05) is 12.0 Å². The molecule has 0 aromatic heterocycles. The van der Waals surface area contributed by atoms with Crippen molar-refractivity contribution in [2.24, 2.45) is 5.41 Å². The predicted octanol–water partition coefficient (Wildman–Crippen LogP) is 2.30. The average molecular weight is 193 g/mol. The Labute approximate surface area is 77.9 Å². The Hall–Kier alpha value is -0.220. The summed E-state index contributed by atoms with van der Waals surface area (Å²) < 4.78 is 30.6. The fourth-order valence-electron chi connectivity index (χ4n) is 1.57. The summed E-state index contributed by atoms with van der Waals surface area (Å²) >= 11 is 0. The molecular weight excluding hydrogens is 176 g/mol. The van der Waals surface area contributed by atoms with E-state index in [-0.39, 0.29) is 11.8 Å². The molecule has 0 amide bonds. The number of alkyl halides is 2. The minimum Gasteiger partial charge on any atom is -0.301 e. The van der Waals surface area contributed by atoms with Gasteiger partial charge in [0.05, 0.1) is 6.42 Å². The Balaban J connectivity index is 2.72. The molecule has 0 aromatic rings. The van der Waals surface area contributed by atoms with Crippen LogP contribution in [0.3, 0.4) is 0 Å². The average Bonchev–Trinajstić information content (AvgIpc) is 1.92. The molecule has 0 aliphatic carbocycles. The number of rotatable bonds is 0. The highest BCUT2D eigenvalue weighted by Gasteiger charge is 2.44. The molecule has 1 fully saturated rings. The SMILES string of the molecule is CN1CCC(F)(F)OC1C(C)(C)C. The van der Waals surface area contributed by atoms with Gasteiger partial charge < -0.3 is 4.74 Å². The van der Waals surface area contributed by atoms with Crippen LogP contribution in [0, 0.1) is 5.41 Å². The van der Waals surface area contributed by atoms with Crippen LogP contribution in [-0.4, -0.2) is 30.8 Å². The van der Waals surface area contributed by atoms with Crippen LogP contribution in [0.5, 0.6) is 0 Å². The van der Waals surface area contributed by atoms with E-state index in [2.05, 4.69) is 0 Å². The zero-order valence-electron chi connectivity index (χ0n) is 8.60. The van der Waals surface area contributed by atoms with Crippen LogP contribution in [0.1, 0.15) is 27.2 Å². The molecule has 1 rings (SSSR count). The summed E-state index contributed by atoms with van der Waals surface area (Å²) in [5.41, 5.74) is -0.279. The Morgan fingerprint density at radius 2 is 1.92 bits per heavy atom. The van der Waals surface area contributed by atoms with Gasteiger partial charge in [-0.25, -0.2) is 0 Å². The lowest BCUT2D eigenvalue weighted by molar-refractivity contribution is -0.333. The van der Waals surface area contributed by atoms with Gasteiger partial charge in [0.15, 0.2) is 0 Å². The van der Waals surface area contributed by atoms with Gasteiger partial charge in [-0.1, -0.05) is 20.8 Å². The number of halogens is 2. The highest BCUT2D eigenvalue weighted by Crippen LogP contribution is 2.35. The molecule has 4 heteroatoms. The summed E-state index contributed by atoms with van der Waals surface area (Å²) in [5.74, 6) is 0. The first-order valence-electron chi connectivity index (χ1n) is 4.48. The first-order valence-corrected chi connectivity index (χ1v) is 4.48. The van der Waals surface area contributed by atoms with Gasteiger partial charge in [0.25, 0.3) is 0 Å². The van der Waals surface area contributed by atoms with E-state index in [4.69, 9.17) is 4.74 Å². The van der Waals surface area contributed by atoms with Crippen molar-refractivity contribution in [1.82, 2.24) is 4.90 Å². The molecule has 1 atom stereocenters. The molecule has 0 saturated carbocycles. The molecule has 1 aliphatic rings. The molecule has 1 unspecified atom stereocenters. The summed E-state index contributed by atoms with van der Waals surface area (Å²) in [5, 5.41) is 0. The van der Waals surface area contributed by atoms with E-state index < -0.39 is 12.3 Å². The van der Waals surface area contributed by atoms with Crippen LogP contribution in [-0.2, 0) is 4.74 Å². The van der Waals surface area contributed by atoms with Crippen LogP contribution in [0.2, 0.25) is 0 Å². The molecular formula is C9H17F2NO. The smallest absolute Gasteiger partial charge is 0.301 e. The summed E-state index contributed by atoms with van der Waals surface area (Å²) in [4.78, 5) is 1.83. The highest BCUT2D eigenvalue weighted by atomic mass is 19.3. The quantitative estimate of drug-likeness (QED) is 0.585. The molecule has 0 spiro atoms. The Morgan fingerprint density at radius 3 is 2.31 bits per heavy atom. The van der Waals surface area contributed by atoms with E-state index in [1.54, 1.807) is 0 Å². The largest absolute Gasteiger partial charge is 0.358 e. The molecule has 0 aromatic carbocycles. The van der Waals surface area contributed by atoms with Crippen molar-refractivity contribution in [2.75, 3.05) is 13.6 Å². The zero-order chi connectivity index (χ0) is 10.3. The minimum absolute atomic E-state index is 0.212. The predicted molar refractivity (Wildman–Crippen MR) is 46.5 cm³/mol.